The first-order valence-corrected chi connectivity index (χ1v) is 17.5. The molecule has 3 fully saturated rings. The van der Waals surface area contributed by atoms with Crippen molar-refractivity contribution in [2.75, 3.05) is 54.5 Å². The van der Waals surface area contributed by atoms with Crippen LogP contribution >= 0.6 is 0 Å². The van der Waals surface area contributed by atoms with Crippen molar-refractivity contribution in [3.8, 4) is 11.1 Å². The fraction of sp³-hybridized carbons (Fsp3) is 0.459. The maximum atomic E-state index is 13.9. The molecule has 1 saturated carbocycles. The van der Waals surface area contributed by atoms with Gasteiger partial charge in [-0.15, -0.1) is 0 Å². The molecule has 4 aromatic rings. The van der Waals surface area contributed by atoms with E-state index < -0.39 is 0 Å². The highest BCUT2D eigenvalue weighted by molar-refractivity contribution is 6.06. The summed E-state index contributed by atoms with van der Waals surface area (Å²) in [6.45, 7) is 7.70. The number of ether oxygens (including phenoxy) is 1. The first kappa shape index (κ1) is 30.5. The third-order valence-corrected chi connectivity index (χ3v) is 11.5. The maximum absolute atomic E-state index is 13.9. The number of pyridine rings is 3. The van der Waals surface area contributed by atoms with Gasteiger partial charge in [0.1, 0.15) is 23.0 Å². The number of rotatable bonds is 7. The van der Waals surface area contributed by atoms with Crippen molar-refractivity contribution >= 4 is 28.9 Å². The quantitative estimate of drug-likeness (QED) is 0.304. The Morgan fingerprint density at radius 2 is 1.88 bits per heavy atom. The van der Waals surface area contributed by atoms with Crippen LogP contribution < -0.4 is 20.7 Å². The number of aliphatic hydroxyl groups is 1. The summed E-state index contributed by atoms with van der Waals surface area (Å²) in [4.78, 5) is 43.1. The van der Waals surface area contributed by atoms with E-state index in [9.17, 15) is 14.7 Å². The molecule has 2 bridgehead atoms. The number of hydrogen-bond donors (Lipinski definition) is 2. The fourth-order valence-electron chi connectivity index (χ4n) is 8.93. The summed E-state index contributed by atoms with van der Waals surface area (Å²) in [5.41, 5.74) is 6.64. The Hall–Kier alpha value is -4.52. The Labute approximate surface area is 284 Å². The zero-order chi connectivity index (χ0) is 33.4. The minimum absolute atomic E-state index is 0.0824. The van der Waals surface area contributed by atoms with E-state index in [1.54, 1.807) is 30.4 Å². The lowest BCUT2D eigenvalue weighted by molar-refractivity contribution is -0.0691. The summed E-state index contributed by atoms with van der Waals surface area (Å²) in [6, 6.07) is 10.6. The third kappa shape index (κ3) is 4.99. The van der Waals surface area contributed by atoms with Crippen LogP contribution in [0.3, 0.4) is 0 Å². The minimum atomic E-state index is -0.306. The number of nitrogens with one attached hydrogen (secondary N) is 1. The molecule has 0 aromatic carbocycles. The molecule has 254 valence electrons. The molecule has 0 radical (unpaired) electrons. The minimum Gasteiger partial charge on any atom is -0.392 e. The second-order valence-electron chi connectivity index (χ2n) is 14.3. The van der Waals surface area contributed by atoms with Crippen LogP contribution in [0.2, 0.25) is 0 Å². The molecule has 1 amide bonds. The number of aromatic nitrogens is 4. The first-order chi connectivity index (χ1) is 23.9. The predicted octanol–water partition coefficient (Wildman–Crippen LogP) is 3.81. The van der Waals surface area contributed by atoms with Crippen LogP contribution in [-0.4, -0.2) is 86.5 Å². The van der Waals surface area contributed by atoms with Gasteiger partial charge >= 0.3 is 0 Å². The predicted molar refractivity (Wildman–Crippen MR) is 187 cm³/mol. The molecule has 4 aromatic heterocycles. The smallest absolute Gasteiger partial charge is 0.276 e. The second-order valence-corrected chi connectivity index (χ2v) is 14.3. The largest absolute Gasteiger partial charge is 0.392 e. The van der Waals surface area contributed by atoms with E-state index in [-0.39, 0.29) is 18.1 Å². The lowest BCUT2D eigenvalue weighted by Gasteiger charge is -2.46. The summed E-state index contributed by atoms with van der Waals surface area (Å²) in [6.07, 6.45) is 8.92. The van der Waals surface area contributed by atoms with Crippen LogP contribution in [0, 0.1) is 0 Å². The van der Waals surface area contributed by atoms with Crippen molar-refractivity contribution in [1.29, 1.82) is 0 Å². The summed E-state index contributed by atoms with van der Waals surface area (Å²) >= 11 is 0. The molecule has 12 nitrogen and oxygen atoms in total. The molecule has 0 spiro atoms. The van der Waals surface area contributed by atoms with E-state index in [0.717, 1.165) is 49.8 Å². The number of fused-ring (bicyclic) bond motifs is 7. The average Bonchev–Trinajstić information content (AvgIpc) is 3.81. The van der Waals surface area contributed by atoms with Crippen LogP contribution in [0.4, 0.5) is 23.0 Å². The summed E-state index contributed by atoms with van der Waals surface area (Å²) < 4.78 is 9.15. The number of anilines is 4. The van der Waals surface area contributed by atoms with Crippen LogP contribution in [0.1, 0.15) is 65.3 Å². The summed E-state index contributed by atoms with van der Waals surface area (Å²) in [7, 11) is 1.71. The fourth-order valence-corrected chi connectivity index (χ4v) is 8.93. The lowest BCUT2D eigenvalue weighted by Crippen LogP contribution is -2.59. The molecular weight excluding hydrogens is 620 g/mol. The molecule has 2 saturated heterocycles. The highest BCUT2D eigenvalue weighted by Crippen LogP contribution is 2.54. The van der Waals surface area contributed by atoms with Crippen molar-refractivity contribution < 1.29 is 14.6 Å². The van der Waals surface area contributed by atoms with E-state index >= 15 is 0 Å². The summed E-state index contributed by atoms with van der Waals surface area (Å²) in [5.74, 6) is 2.08. The van der Waals surface area contributed by atoms with Crippen LogP contribution in [-0.2, 0) is 24.9 Å². The molecule has 3 atom stereocenters. The van der Waals surface area contributed by atoms with Crippen LogP contribution in [0.5, 0.6) is 0 Å². The topological polar surface area (TPSA) is 121 Å². The molecule has 2 aliphatic carbocycles. The standard InChI is InChI=1S/C37H42N8O4/c1-22-17-42(27-20-49-21-27)9-10-43(22)26-5-6-33(39-16-26)40-31-14-25(18-41(2)36(31)47)28-7-8-38-35(30(28)19-46)45-12-11-44-32(37(45)48)15-29-23-3-4-24(13-23)34(29)44/h5-8,14-16,18,22-24,27,46H,3-4,9-13,17,19-21H2,1-2H3,(H,39,40)/t22-,23+,24-/m0/s1. The van der Waals surface area contributed by atoms with Crippen molar-refractivity contribution in [2.24, 2.45) is 7.05 Å². The van der Waals surface area contributed by atoms with Gasteiger partial charge in [0.2, 0.25) is 0 Å². The van der Waals surface area contributed by atoms with Gasteiger partial charge in [0.15, 0.2) is 0 Å². The highest BCUT2D eigenvalue weighted by atomic mass is 16.5. The Morgan fingerprint density at radius 1 is 1.02 bits per heavy atom. The van der Waals surface area contributed by atoms with Gasteiger partial charge in [-0.3, -0.25) is 19.4 Å². The zero-order valence-corrected chi connectivity index (χ0v) is 28.0. The number of nitrogens with zero attached hydrogens (tertiary/aromatic N) is 7. The first-order valence-electron chi connectivity index (χ1n) is 17.5. The molecular formula is C37H42N8O4. The van der Waals surface area contributed by atoms with Gasteiger partial charge in [-0.25, -0.2) is 9.97 Å². The number of carbonyl (C=O) groups excluding carboxylic acids is 1. The normalized spacial score (nSPS) is 23.5. The number of amides is 1. The van der Waals surface area contributed by atoms with Gasteiger partial charge < -0.3 is 29.2 Å². The van der Waals surface area contributed by atoms with Crippen molar-refractivity contribution in [2.45, 2.75) is 63.3 Å². The number of piperazine rings is 1. The van der Waals surface area contributed by atoms with Gasteiger partial charge in [-0.1, -0.05) is 0 Å². The molecule has 5 aliphatic rings. The second kappa shape index (κ2) is 11.8. The Bertz CT molecular complexity index is 2000. The molecule has 9 rings (SSSR count). The van der Waals surface area contributed by atoms with E-state index in [1.165, 1.54) is 35.1 Å². The molecule has 49 heavy (non-hydrogen) atoms. The monoisotopic (exact) mass is 662 g/mol. The van der Waals surface area contributed by atoms with Crippen LogP contribution in [0.15, 0.2) is 53.7 Å². The van der Waals surface area contributed by atoms with E-state index in [0.29, 0.717) is 65.5 Å². The number of aliphatic hydroxyl groups excluding tert-OH is 1. The molecule has 0 unspecified atom stereocenters. The van der Waals surface area contributed by atoms with Gasteiger partial charge in [-0.05, 0) is 73.6 Å². The Balaban J connectivity index is 0.968. The van der Waals surface area contributed by atoms with Gasteiger partial charge in [0.05, 0.1) is 37.7 Å². The third-order valence-electron chi connectivity index (χ3n) is 11.5. The van der Waals surface area contributed by atoms with E-state index in [2.05, 4.69) is 42.6 Å². The molecule has 3 aliphatic heterocycles. The Morgan fingerprint density at radius 3 is 2.63 bits per heavy atom. The SMILES string of the molecule is C[C@H]1CN(C2COC2)CCN1c1ccc(Nc2cc(-c3ccnc(N4CCn5c(cc6c5[C@H]5CC[C@@H]6C5)C4=O)c3CO)cn(C)c2=O)nc1. The average molecular weight is 663 g/mol. The van der Waals surface area contributed by atoms with Crippen LogP contribution in [0.25, 0.3) is 11.1 Å². The zero-order valence-electron chi connectivity index (χ0n) is 28.0. The van der Waals surface area contributed by atoms with Gasteiger partial charge in [0.25, 0.3) is 11.5 Å². The Kier molecular flexibility index (Phi) is 7.36. The van der Waals surface area contributed by atoms with Gasteiger partial charge in [0, 0.05) is 80.9 Å². The maximum Gasteiger partial charge on any atom is 0.276 e. The summed E-state index contributed by atoms with van der Waals surface area (Å²) in [5, 5.41) is 13.9. The van der Waals surface area contributed by atoms with Crippen molar-refractivity contribution in [1.82, 2.24) is 24.0 Å². The van der Waals surface area contributed by atoms with E-state index in [1.807, 2.05) is 24.4 Å². The van der Waals surface area contributed by atoms with Gasteiger partial charge in [-0.2, -0.15) is 0 Å². The molecule has 7 heterocycles. The van der Waals surface area contributed by atoms with E-state index in [4.69, 9.17) is 4.74 Å². The van der Waals surface area contributed by atoms with Crippen molar-refractivity contribution in [3.63, 3.8) is 0 Å². The number of hydrogen-bond acceptors (Lipinski definition) is 9. The number of aryl methyl sites for hydroxylation is 1. The molecule has 2 N–H and O–H groups in total. The highest BCUT2D eigenvalue weighted by Gasteiger charge is 2.43. The lowest BCUT2D eigenvalue weighted by atomic mass is 9.98. The van der Waals surface area contributed by atoms with Crippen molar-refractivity contribution in [3.05, 3.63) is 81.8 Å². The number of carbonyl (C=O) groups is 1. The molecule has 12 heteroatoms.